The molecular weight excluding hydrogens is 618 g/mol. The number of piperazine rings is 1. The second kappa shape index (κ2) is 22.4. The van der Waals surface area contributed by atoms with Crippen LogP contribution in [0.25, 0.3) is 5.65 Å². The molecular formula is C35H54ClN7O4. The maximum atomic E-state index is 12.9. The fourth-order valence-corrected chi connectivity index (χ4v) is 5.03. The van der Waals surface area contributed by atoms with Crippen molar-refractivity contribution >= 4 is 41.2 Å². The first kappa shape index (κ1) is 40.9. The topological polar surface area (TPSA) is 115 Å². The highest BCUT2D eigenvalue weighted by Gasteiger charge is 2.23. The quantitative estimate of drug-likeness (QED) is 0.110. The van der Waals surface area contributed by atoms with Crippen molar-refractivity contribution in [3.63, 3.8) is 0 Å². The predicted molar refractivity (Wildman–Crippen MR) is 193 cm³/mol. The summed E-state index contributed by atoms with van der Waals surface area (Å²) in [5.41, 5.74) is 4.27. The van der Waals surface area contributed by atoms with Crippen LogP contribution in [0.15, 0.2) is 66.1 Å². The van der Waals surface area contributed by atoms with Crippen molar-refractivity contribution < 1.29 is 19.1 Å². The average molecular weight is 672 g/mol. The minimum Gasteiger partial charge on any atom is -0.469 e. The molecule has 0 unspecified atom stereocenters. The number of methoxy groups -OCH3 is 2. The maximum absolute atomic E-state index is 12.9. The Morgan fingerprint density at radius 3 is 2.36 bits per heavy atom. The number of esters is 1. The van der Waals surface area contributed by atoms with E-state index in [1.807, 2.05) is 41.5 Å². The van der Waals surface area contributed by atoms with Gasteiger partial charge in [-0.2, -0.15) is 0 Å². The number of nitrogens with one attached hydrogen (secondary N) is 2. The fourth-order valence-electron chi connectivity index (χ4n) is 4.84. The molecule has 3 rings (SSSR count). The lowest BCUT2D eigenvalue weighted by atomic mass is 10.2. The normalized spacial score (nSPS) is 13.3. The van der Waals surface area contributed by atoms with Crippen LogP contribution >= 0.6 is 11.6 Å². The van der Waals surface area contributed by atoms with Gasteiger partial charge in [0.1, 0.15) is 11.5 Å². The van der Waals surface area contributed by atoms with Crippen LogP contribution in [0.5, 0.6) is 0 Å². The third-order valence-corrected chi connectivity index (χ3v) is 7.79. The van der Waals surface area contributed by atoms with E-state index >= 15 is 0 Å². The number of allylic oxidation sites excluding steroid dienone is 5. The molecule has 2 aromatic heterocycles. The first-order chi connectivity index (χ1) is 22.7. The molecule has 260 valence electrons. The average Bonchev–Trinajstić information content (AvgIpc) is 3.44. The summed E-state index contributed by atoms with van der Waals surface area (Å²) in [6.45, 7) is 23.2. The molecule has 12 heteroatoms. The lowest BCUT2D eigenvalue weighted by Crippen LogP contribution is -2.49. The summed E-state index contributed by atoms with van der Waals surface area (Å²) in [5.74, 6) is 0.381. The molecule has 0 bridgehead atoms. The van der Waals surface area contributed by atoms with Crippen LogP contribution in [-0.4, -0.2) is 109 Å². The second-order valence-electron chi connectivity index (χ2n) is 10.2. The van der Waals surface area contributed by atoms with Crippen LogP contribution in [0, 0.1) is 5.41 Å². The van der Waals surface area contributed by atoms with Crippen LogP contribution in [0.3, 0.4) is 0 Å². The zero-order chi connectivity index (χ0) is 35.4. The molecule has 0 saturated carbocycles. The van der Waals surface area contributed by atoms with Crippen LogP contribution < -0.4 is 5.32 Å². The van der Waals surface area contributed by atoms with Crippen molar-refractivity contribution in [3.8, 4) is 0 Å². The van der Waals surface area contributed by atoms with E-state index in [1.165, 1.54) is 12.8 Å². The third-order valence-electron chi connectivity index (χ3n) is 7.49. The van der Waals surface area contributed by atoms with Gasteiger partial charge in [0.2, 0.25) is 5.91 Å². The lowest BCUT2D eigenvalue weighted by molar-refractivity contribution is -0.139. The Balaban J connectivity index is 0.000000721. The number of imidazole rings is 1. The molecule has 1 aliphatic heterocycles. The van der Waals surface area contributed by atoms with Crippen LogP contribution in [0.1, 0.15) is 45.9 Å². The highest BCUT2D eigenvalue weighted by atomic mass is 35.5. The summed E-state index contributed by atoms with van der Waals surface area (Å²) in [6.07, 6.45) is 9.14. The number of hydrogen-bond acceptors (Lipinski definition) is 9. The molecule has 0 spiro atoms. The van der Waals surface area contributed by atoms with Crippen molar-refractivity contribution in [2.24, 2.45) is 0 Å². The molecule has 1 amide bonds. The Bertz CT molecular complexity index is 1380. The van der Waals surface area contributed by atoms with E-state index < -0.39 is 0 Å². The molecule has 47 heavy (non-hydrogen) atoms. The van der Waals surface area contributed by atoms with Gasteiger partial charge in [-0.1, -0.05) is 44.2 Å². The third kappa shape index (κ3) is 12.6. The van der Waals surface area contributed by atoms with Gasteiger partial charge in [0, 0.05) is 70.9 Å². The van der Waals surface area contributed by atoms with E-state index in [2.05, 4.69) is 55.2 Å². The highest BCUT2D eigenvalue weighted by molar-refractivity contribution is 6.39. The molecule has 1 saturated heterocycles. The first-order valence-electron chi connectivity index (χ1n) is 16.0. The van der Waals surface area contributed by atoms with Crippen LogP contribution in [0.2, 0.25) is 0 Å². The SMILES string of the molecule is C/C=C(\C)N(CC)CCOC.C=CCc1nc2cc(CC(=O)OC)ccn2c1NCC(=O)N1CCN(/C(C=C)=C(\Cl)C=N)CC1.CC. The summed E-state index contributed by atoms with van der Waals surface area (Å²) in [4.78, 5) is 35.3. The van der Waals surface area contributed by atoms with E-state index in [0.29, 0.717) is 49.0 Å². The number of ether oxygens (including phenoxy) is 2. The van der Waals surface area contributed by atoms with Gasteiger partial charge in [-0.05, 0) is 44.5 Å². The predicted octanol–water partition coefficient (Wildman–Crippen LogP) is 5.52. The molecule has 0 atom stereocenters. The van der Waals surface area contributed by atoms with Crippen molar-refractivity contribution in [3.05, 3.63) is 77.4 Å². The number of pyridine rings is 1. The van der Waals surface area contributed by atoms with Gasteiger partial charge < -0.3 is 34.9 Å². The Morgan fingerprint density at radius 2 is 1.83 bits per heavy atom. The second-order valence-corrected chi connectivity index (χ2v) is 10.6. The monoisotopic (exact) mass is 671 g/mol. The van der Waals surface area contributed by atoms with Gasteiger partial charge in [-0.3, -0.25) is 14.0 Å². The van der Waals surface area contributed by atoms with Gasteiger partial charge in [0.15, 0.2) is 0 Å². The van der Waals surface area contributed by atoms with Gasteiger partial charge in [0.25, 0.3) is 0 Å². The standard InChI is InChI=1S/C24H29ClN6O3.C9H19NO.C2H6/c1-4-6-19-24(31-8-7-17(13-21(31)28-19)14-23(33)34-3)27-16-22(32)30-11-9-29(10-12-30)20(5-2)18(25)15-26;1-5-9(3)10(6-2)7-8-11-4;1-2/h4-5,7-8,13,15,26-27H,1-2,6,9-12,14,16H2,3H3;5H,6-8H2,1-4H3;1-2H3/b20-18-,26-15?;9-5+;. The molecule has 2 N–H and O–H groups in total. The Morgan fingerprint density at radius 1 is 1.17 bits per heavy atom. The molecule has 11 nitrogen and oxygen atoms in total. The zero-order valence-electron chi connectivity index (χ0n) is 29.3. The van der Waals surface area contributed by atoms with E-state index in [1.54, 1.807) is 24.2 Å². The Kier molecular flexibility index (Phi) is 19.5. The zero-order valence-corrected chi connectivity index (χ0v) is 30.0. The Labute approximate surface area is 286 Å². The molecule has 2 aromatic rings. The number of halogens is 1. The Hall–Kier alpha value is -4.09. The molecule has 1 fully saturated rings. The van der Waals surface area contributed by atoms with Gasteiger partial charge in [0.05, 0.1) is 43.1 Å². The van der Waals surface area contributed by atoms with Crippen LogP contribution in [0.4, 0.5) is 5.82 Å². The van der Waals surface area contributed by atoms with E-state index in [-0.39, 0.29) is 24.8 Å². The van der Waals surface area contributed by atoms with Gasteiger partial charge >= 0.3 is 5.97 Å². The first-order valence-corrected chi connectivity index (χ1v) is 16.4. The van der Waals surface area contributed by atoms with E-state index in [9.17, 15) is 9.59 Å². The highest BCUT2D eigenvalue weighted by Crippen LogP contribution is 2.21. The van der Waals surface area contributed by atoms with Crippen molar-refractivity contribution in [2.75, 3.05) is 72.0 Å². The van der Waals surface area contributed by atoms with Crippen molar-refractivity contribution in [1.29, 1.82) is 5.41 Å². The largest absolute Gasteiger partial charge is 0.469 e. The molecule has 1 aliphatic rings. The lowest BCUT2D eigenvalue weighted by Gasteiger charge is -2.36. The summed E-state index contributed by atoms with van der Waals surface area (Å²) >= 11 is 6.10. The number of fused-ring (bicyclic) bond motifs is 1. The summed E-state index contributed by atoms with van der Waals surface area (Å²) < 4.78 is 11.6. The number of likely N-dealkylation sites (N-methyl/N-ethyl adjacent to an activating group) is 1. The van der Waals surface area contributed by atoms with E-state index in [0.717, 1.165) is 43.0 Å². The summed E-state index contributed by atoms with van der Waals surface area (Å²) in [6, 6.07) is 3.67. The number of hydrogen-bond donors (Lipinski definition) is 2. The fraction of sp³-hybridized carbons (Fsp3) is 0.486. The summed E-state index contributed by atoms with van der Waals surface area (Å²) in [7, 11) is 3.09. The number of rotatable bonds is 15. The number of nitrogens with zero attached hydrogens (tertiary/aromatic N) is 5. The number of amides is 1. The minimum atomic E-state index is -0.318. The maximum Gasteiger partial charge on any atom is 0.309 e. The van der Waals surface area contributed by atoms with Crippen molar-refractivity contribution in [2.45, 2.75) is 47.5 Å². The van der Waals surface area contributed by atoms with E-state index in [4.69, 9.17) is 26.5 Å². The number of carbonyl (C=O) groups is 2. The van der Waals surface area contributed by atoms with Gasteiger partial charge in [-0.15, -0.1) is 6.58 Å². The smallest absolute Gasteiger partial charge is 0.309 e. The van der Waals surface area contributed by atoms with Gasteiger partial charge in [-0.25, -0.2) is 4.98 Å². The number of carbonyl (C=O) groups excluding carboxylic acids is 2. The molecule has 0 aromatic carbocycles. The molecule has 3 heterocycles. The number of aromatic nitrogens is 2. The molecule has 0 radical (unpaired) electrons. The summed E-state index contributed by atoms with van der Waals surface area (Å²) in [5, 5.41) is 10.9. The van der Waals surface area contributed by atoms with Crippen molar-refractivity contribution in [1.82, 2.24) is 24.1 Å². The number of anilines is 1. The minimum absolute atomic E-state index is 0.0243. The molecule has 0 aliphatic carbocycles. The van der Waals surface area contributed by atoms with Crippen LogP contribution in [-0.2, 0) is 31.9 Å².